The second-order valence-electron chi connectivity index (χ2n) is 8.42. The molecule has 0 aliphatic rings. The largest absolute Gasteiger partial charge is 0.481 e. The summed E-state index contributed by atoms with van der Waals surface area (Å²) in [6.45, 7) is 0.459. The summed E-state index contributed by atoms with van der Waals surface area (Å²) in [5.41, 5.74) is 2.96. The van der Waals surface area contributed by atoms with Gasteiger partial charge in [-0.3, -0.25) is 9.59 Å². The lowest BCUT2D eigenvalue weighted by molar-refractivity contribution is -0.136. The van der Waals surface area contributed by atoms with Gasteiger partial charge in [-0.2, -0.15) is 5.10 Å². The number of aliphatic carboxylic acids is 1. The molecule has 0 radical (unpaired) electrons. The van der Waals surface area contributed by atoms with Crippen molar-refractivity contribution in [1.82, 2.24) is 30.0 Å². The van der Waals surface area contributed by atoms with Gasteiger partial charge >= 0.3 is 5.97 Å². The van der Waals surface area contributed by atoms with Gasteiger partial charge in [0.05, 0.1) is 29.4 Å². The Morgan fingerprint density at radius 1 is 0.923 bits per heavy atom. The van der Waals surface area contributed by atoms with Crippen molar-refractivity contribution < 1.29 is 14.7 Å². The zero-order valence-corrected chi connectivity index (χ0v) is 22.2. The van der Waals surface area contributed by atoms with Crippen molar-refractivity contribution in [3.8, 4) is 16.9 Å². The molecule has 0 atom stereocenters. The molecule has 0 aliphatic heterocycles. The predicted molar refractivity (Wildman–Crippen MR) is 147 cm³/mol. The van der Waals surface area contributed by atoms with Crippen molar-refractivity contribution in [2.45, 2.75) is 13.0 Å². The quantitative estimate of drug-likeness (QED) is 0.250. The molecule has 0 unspecified atom stereocenters. The van der Waals surface area contributed by atoms with Crippen molar-refractivity contribution in [3.05, 3.63) is 105 Å². The summed E-state index contributed by atoms with van der Waals surface area (Å²) in [6.07, 6.45) is 1.04. The molecular formula is C26H18Cl3N7O3. The molecule has 1 amide bonds. The number of carbonyl (C=O) groups is 2. The predicted octanol–water partition coefficient (Wildman–Crippen LogP) is 5.41. The minimum Gasteiger partial charge on any atom is -0.481 e. The third-order valence-corrected chi connectivity index (χ3v) is 6.52. The van der Waals surface area contributed by atoms with E-state index in [1.165, 1.54) is 11.0 Å². The molecule has 10 nitrogen and oxygen atoms in total. The number of rotatable bonds is 8. The zero-order chi connectivity index (χ0) is 27.5. The summed E-state index contributed by atoms with van der Waals surface area (Å²) < 4.78 is 3.02. The number of aromatic nitrogens is 6. The fraction of sp³-hybridized carbons (Fsp3) is 0.0769. The van der Waals surface area contributed by atoms with Crippen molar-refractivity contribution in [2.24, 2.45) is 0 Å². The summed E-state index contributed by atoms with van der Waals surface area (Å²) in [4.78, 5) is 25.4. The van der Waals surface area contributed by atoms with Gasteiger partial charge < -0.3 is 10.4 Å². The average molecular weight is 583 g/mol. The Hall–Kier alpha value is -4.25. The van der Waals surface area contributed by atoms with Crippen molar-refractivity contribution in [1.29, 1.82) is 0 Å². The number of tetrazole rings is 1. The van der Waals surface area contributed by atoms with Crippen LogP contribution in [0, 0.1) is 0 Å². The minimum absolute atomic E-state index is 0.0638. The molecular weight excluding hydrogens is 565 g/mol. The lowest BCUT2D eigenvalue weighted by Gasteiger charge is -2.11. The Morgan fingerprint density at radius 2 is 1.64 bits per heavy atom. The van der Waals surface area contributed by atoms with Gasteiger partial charge in [-0.05, 0) is 58.5 Å². The maximum Gasteiger partial charge on any atom is 0.307 e. The second-order valence-corrected chi connectivity index (χ2v) is 9.70. The van der Waals surface area contributed by atoms with Gasteiger partial charge in [-0.25, -0.2) is 9.36 Å². The van der Waals surface area contributed by atoms with E-state index in [0.717, 1.165) is 5.56 Å². The number of hydrogen-bond acceptors (Lipinski definition) is 6. The molecule has 0 aliphatic carbocycles. The first kappa shape index (κ1) is 26.4. The van der Waals surface area contributed by atoms with Gasteiger partial charge in [0.25, 0.3) is 5.91 Å². The Bertz CT molecular complexity index is 1650. The summed E-state index contributed by atoms with van der Waals surface area (Å²) in [5, 5.41) is 29.3. The maximum absolute atomic E-state index is 13.5. The van der Waals surface area contributed by atoms with E-state index in [9.17, 15) is 14.7 Å². The van der Waals surface area contributed by atoms with E-state index in [1.54, 1.807) is 59.3 Å². The van der Waals surface area contributed by atoms with Crippen LogP contribution in [0.5, 0.6) is 0 Å². The van der Waals surface area contributed by atoms with Crippen LogP contribution in [0.1, 0.15) is 21.6 Å². The molecule has 39 heavy (non-hydrogen) atoms. The molecule has 2 aromatic heterocycles. The fourth-order valence-corrected chi connectivity index (χ4v) is 4.62. The highest BCUT2D eigenvalue weighted by Gasteiger charge is 2.27. The van der Waals surface area contributed by atoms with Gasteiger partial charge in [0.15, 0.2) is 5.69 Å². The maximum atomic E-state index is 13.5. The van der Waals surface area contributed by atoms with Gasteiger partial charge in [-0.1, -0.05) is 59.1 Å². The van der Waals surface area contributed by atoms with Crippen LogP contribution >= 0.6 is 34.8 Å². The van der Waals surface area contributed by atoms with E-state index in [1.807, 2.05) is 12.1 Å². The number of amides is 1. The number of carboxylic acid groups (broad SMARTS) is 1. The number of nitrogens with zero attached hydrogens (tertiary/aromatic N) is 6. The number of carbonyl (C=O) groups excluding carboxylic acids is 1. The molecule has 2 N–H and O–H groups in total. The van der Waals surface area contributed by atoms with Crippen LogP contribution in [0.3, 0.4) is 0 Å². The van der Waals surface area contributed by atoms with E-state index >= 15 is 0 Å². The number of nitrogens with one attached hydrogen (secondary N) is 1. The average Bonchev–Trinajstić information content (AvgIpc) is 3.54. The van der Waals surface area contributed by atoms with Crippen molar-refractivity contribution in [3.63, 3.8) is 0 Å². The fourth-order valence-electron chi connectivity index (χ4n) is 4.01. The first-order valence-electron chi connectivity index (χ1n) is 11.4. The zero-order valence-electron chi connectivity index (χ0n) is 19.9. The first-order chi connectivity index (χ1) is 18.8. The minimum atomic E-state index is -1.13. The molecule has 0 bridgehead atoms. The summed E-state index contributed by atoms with van der Waals surface area (Å²) in [7, 11) is 0. The lowest BCUT2D eigenvalue weighted by atomic mass is 10.0. The molecule has 5 aromatic rings. The molecule has 13 heteroatoms. The van der Waals surface area contributed by atoms with Crippen LogP contribution in [-0.2, 0) is 17.8 Å². The molecule has 3 aromatic carbocycles. The standard InChI is InChI=1S/C26H18Cl3N7O3/c27-17-5-3-16(4-6-17)25-20(12-23(37)38)24(32-36(25)22-10-7-18(28)11-21(22)29)26(39)31-19-8-1-15(2-9-19)13-35-14-30-33-34-35/h1-11,14H,12-13H2,(H,31,39)(H,37,38). The first-order valence-corrected chi connectivity index (χ1v) is 12.6. The Labute approximate surface area is 236 Å². The van der Waals surface area contributed by atoms with Crippen LogP contribution in [0.2, 0.25) is 15.1 Å². The second kappa shape index (κ2) is 11.2. The Kier molecular flexibility index (Phi) is 7.60. The highest BCUT2D eigenvalue weighted by Crippen LogP contribution is 2.34. The number of halogens is 3. The molecule has 5 rings (SSSR count). The molecule has 2 heterocycles. The third kappa shape index (κ3) is 5.93. The number of carboxylic acids is 1. The summed E-state index contributed by atoms with van der Waals surface area (Å²) >= 11 is 18.7. The molecule has 0 saturated carbocycles. The lowest BCUT2D eigenvalue weighted by Crippen LogP contribution is -2.16. The van der Waals surface area contributed by atoms with E-state index in [-0.39, 0.29) is 16.3 Å². The van der Waals surface area contributed by atoms with Crippen molar-refractivity contribution in [2.75, 3.05) is 5.32 Å². The summed E-state index contributed by atoms with van der Waals surface area (Å²) in [6, 6.07) is 18.7. The molecule has 0 spiro atoms. The van der Waals surface area contributed by atoms with Crippen molar-refractivity contribution >= 4 is 52.4 Å². The van der Waals surface area contributed by atoms with E-state index in [4.69, 9.17) is 34.8 Å². The number of anilines is 1. The highest BCUT2D eigenvalue weighted by atomic mass is 35.5. The summed E-state index contributed by atoms with van der Waals surface area (Å²) in [5.74, 6) is -1.72. The number of hydrogen-bond donors (Lipinski definition) is 2. The number of benzene rings is 3. The molecule has 196 valence electrons. The Morgan fingerprint density at radius 3 is 2.28 bits per heavy atom. The molecule has 0 saturated heterocycles. The highest BCUT2D eigenvalue weighted by molar-refractivity contribution is 6.35. The van der Waals surface area contributed by atoms with Crippen LogP contribution in [0.25, 0.3) is 16.9 Å². The van der Waals surface area contributed by atoms with Crippen LogP contribution < -0.4 is 5.32 Å². The third-order valence-electron chi connectivity index (χ3n) is 5.73. The van der Waals surface area contributed by atoms with Gasteiger partial charge in [0.1, 0.15) is 6.33 Å². The van der Waals surface area contributed by atoms with Gasteiger partial charge in [-0.15, -0.1) is 5.10 Å². The van der Waals surface area contributed by atoms with E-state index in [2.05, 4.69) is 25.9 Å². The normalized spacial score (nSPS) is 10.9. The monoisotopic (exact) mass is 581 g/mol. The van der Waals surface area contributed by atoms with Crippen LogP contribution in [0.15, 0.2) is 73.1 Å². The van der Waals surface area contributed by atoms with E-state index in [0.29, 0.717) is 39.2 Å². The molecule has 0 fully saturated rings. The Balaban J connectivity index is 1.56. The smallest absolute Gasteiger partial charge is 0.307 e. The van der Waals surface area contributed by atoms with Gasteiger partial charge in [0.2, 0.25) is 0 Å². The van der Waals surface area contributed by atoms with E-state index < -0.39 is 18.3 Å². The van der Waals surface area contributed by atoms with Gasteiger partial charge in [0, 0.05) is 26.9 Å². The SMILES string of the molecule is O=C(O)Cc1c(C(=O)Nc2ccc(Cn3cnnn3)cc2)nn(-c2ccc(Cl)cc2Cl)c1-c1ccc(Cl)cc1. The van der Waals surface area contributed by atoms with Crippen LogP contribution in [-0.4, -0.2) is 47.0 Å². The van der Waals surface area contributed by atoms with Crippen LogP contribution in [0.4, 0.5) is 5.69 Å². The topological polar surface area (TPSA) is 128 Å².